The Balaban J connectivity index is 1.23. The first-order valence-electron chi connectivity index (χ1n) is 10.5. The smallest absolute Gasteiger partial charge is 0.292 e. The van der Waals surface area contributed by atoms with Gasteiger partial charge in [0.05, 0.1) is 11.4 Å². The zero-order chi connectivity index (χ0) is 22.8. The van der Waals surface area contributed by atoms with Crippen molar-refractivity contribution < 1.29 is 14.3 Å². The predicted octanol–water partition coefficient (Wildman–Crippen LogP) is 3.01. The van der Waals surface area contributed by atoms with Gasteiger partial charge in [-0.2, -0.15) is 0 Å². The summed E-state index contributed by atoms with van der Waals surface area (Å²) in [5, 5.41) is 8.11. The van der Waals surface area contributed by atoms with Gasteiger partial charge in [0.15, 0.2) is 11.8 Å². The summed E-state index contributed by atoms with van der Waals surface area (Å²) in [5.74, 6) is -0.300. The molecule has 1 aliphatic heterocycles. The Kier molecular flexibility index (Phi) is 5.32. The summed E-state index contributed by atoms with van der Waals surface area (Å²) < 4.78 is 7.22. The van der Waals surface area contributed by atoms with Gasteiger partial charge in [0.1, 0.15) is 5.75 Å². The van der Waals surface area contributed by atoms with Gasteiger partial charge in [0.25, 0.3) is 11.8 Å². The summed E-state index contributed by atoms with van der Waals surface area (Å²) in [5.41, 5.74) is 9.43. The first-order valence-corrected chi connectivity index (χ1v) is 10.5. The van der Waals surface area contributed by atoms with E-state index in [4.69, 9.17) is 4.74 Å². The molecule has 33 heavy (non-hydrogen) atoms. The number of rotatable bonds is 4. The molecule has 0 saturated heterocycles. The number of carbonyl (C=O) groups is 2. The minimum Gasteiger partial charge on any atom is -0.480 e. The SMILES string of the molecule is Cc1c(C(=O)NNC(=O)C2Cc3ccccc3O2)nnn1-c1ccc(-c2ccccc2)cc1. The summed E-state index contributed by atoms with van der Waals surface area (Å²) in [4.78, 5) is 25.0. The molecule has 2 N–H and O–H groups in total. The molecule has 1 atom stereocenters. The number of amides is 2. The van der Waals surface area contributed by atoms with Crippen LogP contribution in [-0.2, 0) is 11.2 Å². The average molecular weight is 439 g/mol. The van der Waals surface area contributed by atoms with E-state index >= 15 is 0 Å². The molecule has 1 aliphatic rings. The van der Waals surface area contributed by atoms with Crippen LogP contribution in [0, 0.1) is 6.92 Å². The van der Waals surface area contributed by atoms with Crippen LogP contribution in [0.25, 0.3) is 16.8 Å². The van der Waals surface area contributed by atoms with Crippen LogP contribution in [0.15, 0.2) is 78.9 Å². The van der Waals surface area contributed by atoms with E-state index in [1.165, 1.54) is 0 Å². The standard InChI is InChI=1S/C25H21N5O3/c1-16-23(25(32)28-27-24(31)22-15-19-9-5-6-10-21(19)33-22)26-29-30(16)20-13-11-18(12-14-20)17-7-3-2-4-8-17/h2-14,22H,15H2,1H3,(H,27,31)(H,28,32). The Morgan fingerprint density at radius 1 is 0.909 bits per heavy atom. The number of nitrogens with one attached hydrogen (secondary N) is 2. The lowest BCUT2D eigenvalue weighted by molar-refractivity contribution is -0.128. The average Bonchev–Trinajstić information content (AvgIpc) is 3.47. The fourth-order valence-electron chi connectivity index (χ4n) is 3.80. The lowest BCUT2D eigenvalue weighted by Crippen LogP contribution is -2.48. The van der Waals surface area contributed by atoms with Crippen LogP contribution in [0.4, 0.5) is 0 Å². The number of hydrogen-bond donors (Lipinski definition) is 2. The van der Waals surface area contributed by atoms with Gasteiger partial charge in [-0.1, -0.05) is 65.9 Å². The number of para-hydroxylation sites is 1. The molecule has 1 unspecified atom stereocenters. The monoisotopic (exact) mass is 439 g/mol. The number of aromatic nitrogens is 3. The molecule has 4 aromatic rings. The van der Waals surface area contributed by atoms with Crippen molar-refractivity contribution in [3.63, 3.8) is 0 Å². The second-order valence-corrected chi connectivity index (χ2v) is 7.71. The Morgan fingerprint density at radius 2 is 1.61 bits per heavy atom. The van der Waals surface area contributed by atoms with Gasteiger partial charge >= 0.3 is 0 Å². The summed E-state index contributed by atoms with van der Waals surface area (Å²) in [7, 11) is 0. The molecule has 1 aromatic heterocycles. The van der Waals surface area contributed by atoms with Gasteiger partial charge in [-0.3, -0.25) is 20.4 Å². The van der Waals surface area contributed by atoms with Crippen molar-refractivity contribution in [3.05, 3.63) is 95.8 Å². The molecule has 0 saturated carbocycles. The molecule has 2 heterocycles. The maximum atomic E-state index is 12.6. The maximum absolute atomic E-state index is 12.6. The molecule has 0 spiro atoms. The van der Waals surface area contributed by atoms with Gasteiger partial charge < -0.3 is 4.74 Å². The molecule has 8 nitrogen and oxygen atoms in total. The fraction of sp³-hybridized carbons (Fsp3) is 0.120. The third kappa shape index (κ3) is 4.06. The zero-order valence-electron chi connectivity index (χ0n) is 17.9. The molecule has 3 aromatic carbocycles. The van der Waals surface area contributed by atoms with Gasteiger partial charge in [-0.25, -0.2) is 4.68 Å². The van der Waals surface area contributed by atoms with Crippen molar-refractivity contribution in [2.24, 2.45) is 0 Å². The Labute approximate surface area is 190 Å². The number of hydrazine groups is 1. The fourth-order valence-corrected chi connectivity index (χ4v) is 3.80. The van der Waals surface area contributed by atoms with Gasteiger partial charge in [-0.05, 0) is 41.8 Å². The molecule has 0 radical (unpaired) electrons. The van der Waals surface area contributed by atoms with Crippen LogP contribution in [0.3, 0.4) is 0 Å². The van der Waals surface area contributed by atoms with E-state index in [9.17, 15) is 9.59 Å². The lowest BCUT2D eigenvalue weighted by Gasteiger charge is -2.11. The highest BCUT2D eigenvalue weighted by molar-refractivity contribution is 5.95. The number of benzene rings is 3. The summed E-state index contributed by atoms with van der Waals surface area (Å²) >= 11 is 0. The van der Waals surface area contributed by atoms with Gasteiger partial charge in [-0.15, -0.1) is 5.10 Å². The normalized spacial score (nSPS) is 14.3. The van der Waals surface area contributed by atoms with E-state index in [0.29, 0.717) is 17.9 Å². The molecule has 0 aliphatic carbocycles. The van der Waals surface area contributed by atoms with E-state index < -0.39 is 17.9 Å². The van der Waals surface area contributed by atoms with Crippen molar-refractivity contribution in [1.29, 1.82) is 0 Å². The minimum atomic E-state index is -0.692. The van der Waals surface area contributed by atoms with E-state index in [-0.39, 0.29) is 5.69 Å². The molecule has 8 heteroatoms. The quantitative estimate of drug-likeness (QED) is 0.477. The van der Waals surface area contributed by atoms with Gasteiger partial charge in [0, 0.05) is 6.42 Å². The van der Waals surface area contributed by atoms with Crippen LogP contribution in [0.5, 0.6) is 5.75 Å². The topological polar surface area (TPSA) is 98.1 Å². The molecule has 5 rings (SSSR count). The van der Waals surface area contributed by atoms with E-state index in [1.54, 1.807) is 11.6 Å². The van der Waals surface area contributed by atoms with Gasteiger partial charge in [0.2, 0.25) is 0 Å². The second kappa shape index (κ2) is 8.58. The Bertz CT molecular complexity index is 1290. The Morgan fingerprint density at radius 3 is 2.36 bits per heavy atom. The van der Waals surface area contributed by atoms with Crippen molar-refractivity contribution in [3.8, 4) is 22.6 Å². The second-order valence-electron chi connectivity index (χ2n) is 7.71. The summed E-state index contributed by atoms with van der Waals surface area (Å²) in [6.07, 6.45) is -0.242. The van der Waals surface area contributed by atoms with Crippen LogP contribution < -0.4 is 15.6 Å². The van der Waals surface area contributed by atoms with E-state index in [2.05, 4.69) is 21.2 Å². The molecular formula is C25H21N5O3. The largest absolute Gasteiger partial charge is 0.480 e. The number of fused-ring (bicyclic) bond motifs is 1. The molecule has 0 bridgehead atoms. The molecule has 164 valence electrons. The summed E-state index contributed by atoms with van der Waals surface area (Å²) in [6.45, 7) is 1.75. The highest BCUT2D eigenvalue weighted by Crippen LogP contribution is 2.28. The third-order valence-electron chi connectivity index (χ3n) is 5.57. The van der Waals surface area contributed by atoms with Crippen molar-refractivity contribution >= 4 is 11.8 Å². The molecular weight excluding hydrogens is 418 g/mol. The maximum Gasteiger partial charge on any atom is 0.292 e. The Hall–Kier alpha value is -4.46. The first-order chi connectivity index (χ1) is 16.1. The molecule has 0 fully saturated rings. The highest BCUT2D eigenvalue weighted by atomic mass is 16.5. The minimum absolute atomic E-state index is 0.123. The zero-order valence-corrected chi connectivity index (χ0v) is 17.9. The van der Waals surface area contributed by atoms with Crippen molar-refractivity contribution in [2.75, 3.05) is 0 Å². The summed E-state index contributed by atoms with van der Waals surface area (Å²) in [6, 6.07) is 25.3. The van der Waals surface area contributed by atoms with Crippen molar-refractivity contribution in [1.82, 2.24) is 25.8 Å². The van der Waals surface area contributed by atoms with Crippen LogP contribution >= 0.6 is 0 Å². The van der Waals surface area contributed by atoms with E-state index in [1.807, 2.05) is 78.9 Å². The van der Waals surface area contributed by atoms with E-state index in [0.717, 1.165) is 22.4 Å². The first kappa shape index (κ1) is 20.4. The third-order valence-corrected chi connectivity index (χ3v) is 5.57. The number of ether oxygens (including phenoxy) is 1. The lowest BCUT2D eigenvalue weighted by atomic mass is 10.1. The van der Waals surface area contributed by atoms with Crippen LogP contribution in [0.1, 0.15) is 21.7 Å². The van der Waals surface area contributed by atoms with Crippen LogP contribution in [-0.4, -0.2) is 32.9 Å². The van der Waals surface area contributed by atoms with Crippen molar-refractivity contribution in [2.45, 2.75) is 19.4 Å². The number of hydrogen-bond acceptors (Lipinski definition) is 5. The highest BCUT2D eigenvalue weighted by Gasteiger charge is 2.29. The molecule has 2 amide bonds. The number of nitrogens with zero attached hydrogens (tertiary/aromatic N) is 3. The van der Waals surface area contributed by atoms with Crippen LogP contribution in [0.2, 0.25) is 0 Å². The number of carbonyl (C=O) groups excluding carboxylic acids is 2. The predicted molar refractivity (Wildman–Crippen MR) is 122 cm³/mol.